The third-order valence-corrected chi connectivity index (χ3v) is 8.14. The molecule has 4 atom stereocenters. The van der Waals surface area contributed by atoms with Crippen LogP contribution >= 0.6 is 0 Å². The van der Waals surface area contributed by atoms with Gasteiger partial charge in [-0.05, 0) is 88.4 Å². The summed E-state index contributed by atoms with van der Waals surface area (Å²) in [5, 5.41) is 0. The van der Waals surface area contributed by atoms with Crippen molar-refractivity contribution in [3.05, 3.63) is 24.3 Å². The molecule has 2 unspecified atom stereocenters. The molecule has 0 aromatic carbocycles. The van der Waals surface area contributed by atoms with Crippen molar-refractivity contribution in [3.8, 4) is 0 Å². The third-order valence-electron chi connectivity index (χ3n) is 8.14. The molecule has 0 radical (unpaired) electrons. The fourth-order valence-electron chi connectivity index (χ4n) is 6.17. The Morgan fingerprint density at radius 3 is 2.52 bits per heavy atom. The van der Waals surface area contributed by atoms with Gasteiger partial charge in [-0.1, -0.05) is 63.3 Å². The number of hydrogen-bond donors (Lipinski definition) is 0. The summed E-state index contributed by atoms with van der Waals surface area (Å²) < 4.78 is 17.8. The van der Waals surface area contributed by atoms with Gasteiger partial charge < -0.3 is 14.2 Å². The van der Waals surface area contributed by atoms with E-state index < -0.39 is 5.60 Å². The van der Waals surface area contributed by atoms with Crippen LogP contribution in [-0.2, 0) is 19.0 Å². The lowest BCUT2D eigenvalue weighted by atomic mass is 9.81. The molecule has 0 spiro atoms. The van der Waals surface area contributed by atoms with E-state index in [1.807, 2.05) is 0 Å². The molecule has 0 aromatic heterocycles. The molecule has 0 bridgehead atoms. The summed E-state index contributed by atoms with van der Waals surface area (Å²) in [6.07, 6.45) is 27.2. The number of esters is 1. The molecule has 2 saturated carbocycles. The normalized spacial score (nSPS) is 28.6. The first-order chi connectivity index (χ1) is 16.2. The van der Waals surface area contributed by atoms with Gasteiger partial charge in [-0.3, -0.25) is 0 Å². The highest BCUT2D eigenvalue weighted by Crippen LogP contribution is 2.42. The van der Waals surface area contributed by atoms with Gasteiger partial charge in [0.25, 0.3) is 0 Å². The van der Waals surface area contributed by atoms with E-state index in [0.717, 1.165) is 63.4 Å². The number of hydrogen-bond acceptors (Lipinski definition) is 4. The van der Waals surface area contributed by atoms with Crippen molar-refractivity contribution in [2.45, 2.75) is 122 Å². The number of carbonyl (C=O) groups excluding carboxylic acids is 1. The Labute approximate surface area is 202 Å². The monoisotopic (exact) mass is 460 g/mol. The average Bonchev–Trinajstić information content (AvgIpc) is 3.54. The summed E-state index contributed by atoms with van der Waals surface area (Å²) in [5.41, 5.74) is -0.866. The van der Waals surface area contributed by atoms with Crippen LogP contribution in [0.3, 0.4) is 0 Å². The van der Waals surface area contributed by atoms with Crippen molar-refractivity contribution < 1.29 is 19.0 Å². The maximum Gasteiger partial charge on any atom is 0.338 e. The van der Waals surface area contributed by atoms with Crippen LogP contribution in [0.5, 0.6) is 0 Å². The van der Waals surface area contributed by atoms with Gasteiger partial charge in [0.05, 0.1) is 7.11 Å². The van der Waals surface area contributed by atoms with Gasteiger partial charge in [0.15, 0.2) is 11.9 Å². The molecule has 33 heavy (non-hydrogen) atoms. The van der Waals surface area contributed by atoms with Gasteiger partial charge in [-0.25, -0.2) is 4.79 Å². The van der Waals surface area contributed by atoms with Gasteiger partial charge in [-0.2, -0.15) is 0 Å². The summed E-state index contributed by atoms with van der Waals surface area (Å²) in [6.45, 7) is 2.98. The maximum absolute atomic E-state index is 13.1. The molecule has 2 aliphatic carbocycles. The Morgan fingerprint density at radius 2 is 1.79 bits per heavy atom. The van der Waals surface area contributed by atoms with E-state index in [1.54, 1.807) is 0 Å². The first-order valence-electron chi connectivity index (χ1n) is 13.9. The predicted molar refractivity (Wildman–Crippen MR) is 134 cm³/mol. The van der Waals surface area contributed by atoms with Crippen LogP contribution in [-0.4, -0.2) is 31.6 Å². The average molecular weight is 461 g/mol. The number of carbonyl (C=O) groups is 1. The Kier molecular flexibility index (Phi) is 11.5. The summed E-state index contributed by atoms with van der Waals surface area (Å²) in [7, 11) is 1.50. The Balaban J connectivity index is 1.57. The molecule has 0 amide bonds. The third kappa shape index (κ3) is 7.68. The fraction of sp³-hybridized carbons (Fsp3) is 0.828. The zero-order valence-electron chi connectivity index (χ0n) is 21.3. The molecule has 188 valence electrons. The summed E-state index contributed by atoms with van der Waals surface area (Å²) in [4.78, 5) is 13.1. The van der Waals surface area contributed by atoms with Crippen molar-refractivity contribution in [2.75, 3.05) is 13.7 Å². The van der Waals surface area contributed by atoms with Crippen LogP contribution in [0.1, 0.15) is 110 Å². The van der Waals surface area contributed by atoms with Crippen LogP contribution in [0.25, 0.3) is 0 Å². The molecule has 1 aliphatic heterocycles. The molecule has 3 fully saturated rings. The molecule has 4 heteroatoms. The first-order valence-corrected chi connectivity index (χ1v) is 13.9. The van der Waals surface area contributed by atoms with E-state index >= 15 is 0 Å². The lowest BCUT2D eigenvalue weighted by Crippen LogP contribution is -2.51. The van der Waals surface area contributed by atoms with Gasteiger partial charge in [-0.15, -0.1) is 0 Å². The number of ether oxygens (including phenoxy) is 3. The van der Waals surface area contributed by atoms with Crippen LogP contribution in [0.4, 0.5) is 0 Å². The highest BCUT2D eigenvalue weighted by atomic mass is 16.7. The highest BCUT2D eigenvalue weighted by molar-refractivity contribution is 5.80. The maximum atomic E-state index is 13.1. The molecule has 3 aliphatic rings. The Hall–Kier alpha value is -1.13. The van der Waals surface area contributed by atoms with Crippen molar-refractivity contribution in [1.82, 2.24) is 0 Å². The summed E-state index contributed by atoms with van der Waals surface area (Å²) in [5.74, 6) is 1.54. The minimum Gasteiger partial charge on any atom is -0.467 e. The Bertz CT molecular complexity index is 615. The summed E-state index contributed by atoms with van der Waals surface area (Å²) >= 11 is 0. The van der Waals surface area contributed by atoms with Crippen LogP contribution < -0.4 is 0 Å². The molecule has 3 rings (SSSR count). The van der Waals surface area contributed by atoms with Crippen molar-refractivity contribution in [3.63, 3.8) is 0 Å². The van der Waals surface area contributed by atoms with Gasteiger partial charge in [0.2, 0.25) is 0 Å². The Morgan fingerprint density at radius 1 is 0.970 bits per heavy atom. The van der Waals surface area contributed by atoms with Gasteiger partial charge in [0.1, 0.15) is 0 Å². The van der Waals surface area contributed by atoms with E-state index in [9.17, 15) is 4.79 Å². The van der Waals surface area contributed by atoms with E-state index in [-0.39, 0.29) is 18.2 Å². The molecule has 4 nitrogen and oxygen atoms in total. The highest BCUT2D eigenvalue weighted by Gasteiger charge is 2.50. The summed E-state index contributed by atoms with van der Waals surface area (Å²) in [6, 6.07) is 0. The van der Waals surface area contributed by atoms with E-state index in [2.05, 4.69) is 31.2 Å². The molecule has 0 aromatic rings. The standard InChI is InChI=1S/C29H48O4/c1-3-4-5-7-15-24-17-14-18-25(24)16-8-6-12-22-29(28(30)31-2,26-19-9-10-20-26)33-27-21-11-13-23-32-27/h6-8,15,24-27H,3-5,9-14,16-23H2,1-2H3/t24-,25-,27?,29?/m0/s1. The predicted octanol–water partition coefficient (Wildman–Crippen LogP) is 7.52. The van der Waals surface area contributed by atoms with E-state index in [1.165, 1.54) is 58.5 Å². The second-order valence-electron chi connectivity index (χ2n) is 10.4. The van der Waals surface area contributed by atoms with Crippen LogP contribution in [0, 0.1) is 17.8 Å². The largest absolute Gasteiger partial charge is 0.467 e. The zero-order valence-corrected chi connectivity index (χ0v) is 21.3. The van der Waals surface area contributed by atoms with Gasteiger partial charge >= 0.3 is 5.97 Å². The number of methoxy groups -OCH3 is 1. The van der Waals surface area contributed by atoms with Crippen LogP contribution in [0.15, 0.2) is 24.3 Å². The minimum atomic E-state index is -0.866. The van der Waals surface area contributed by atoms with Gasteiger partial charge in [0, 0.05) is 6.61 Å². The smallest absolute Gasteiger partial charge is 0.338 e. The number of unbranched alkanes of at least 4 members (excludes halogenated alkanes) is 2. The van der Waals surface area contributed by atoms with E-state index in [0.29, 0.717) is 6.42 Å². The van der Waals surface area contributed by atoms with Crippen molar-refractivity contribution in [1.29, 1.82) is 0 Å². The molecule has 0 N–H and O–H groups in total. The van der Waals surface area contributed by atoms with E-state index in [4.69, 9.17) is 14.2 Å². The molecular weight excluding hydrogens is 412 g/mol. The molecular formula is C29H48O4. The quantitative estimate of drug-likeness (QED) is 0.162. The fourth-order valence-corrected chi connectivity index (χ4v) is 6.17. The second-order valence-corrected chi connectivity index (χ2v) is 10.4. The molecule has 1 heterocycles. The first kappa shape index (κ1) is 26.5. The lowest BCUT2D eigenvalue weighted by Gasteiger charge is -2.40. The molecule has 1 saturated heterocycles. The second kappa shape index (κ2) is 14.3. The minimum absolute atomic E-state index is 0.204. The lowest BCUT2D eigenvalue weighted by molar-refractivity contribution is -0.247. The topological polar surface area (TPSA) is 44.8 Å². The van der Waals surface area contributed by atoms with Crippen molar-refractivity contribution in [2.24, 2.45) is 17.8 Å². The number of allylic oxidation sites excluding steroid dienone is 4. The number of rotatable bonds is 13. The van der Waals surface area contributed by atoms with Crippen molar-refractivity contribution >= 4 is 5.97 Å². The van der Waals surface area contributed by atoms with Crippen LogP contribution in [0.2, 0.25) is 0 Å². The SMILES string of the molecule is CCCCC=C[C@H]1CCC[C@@H]1CC=CCCC(OC1CCCCO1)(C(=O)OC)C1CCCC1. The zero-order chi connectivity index (χ0) is 23.4.